The van der Waals surface area contributed by atoms with E-state index in [1.54, 1.807) is 0 Å². The summed E-state index contributed by atoms with van der Waals surface area (Å²) in [5.41, 5.74) is -1.22. The number of rotatable bonds is 3. The van der Waals surface area contributed by atoms with Crippen molar-refractivity contribution in [2.75, 3.05) is 12.9 Å². The molecular formula is C10H9F5O4S2. The summed E-state index contributed by atoms with van der Waals surface area (Å²) in [4.78, 5) is 0. The van der Waals surface area contributed by atoms with E-state index in [4.69, 9.17) is 0 Å². The van der Waals surface area contributed by atoms with Crippen LogP contribution < -0.4 is 4.74 Å². The first kappa shape index (κ1) is 16.4. The Morgan fingerprint density at radius 1 is 1.29 bits per heavy atom. The quantitative estimate of drug-likeness (QED) is 0.849. The molecule has 1 aromatic rings. The van der Waals surface area contributed by atoms with Gasteiger partial charge in [-0.05, 0) is 0 Å². The number of hydrogen-bond donors (Lipinski definition) is 1. The lowest BCUT2D eigenvalue weighted by atomic mass is 10.2. The van der Waals surface area contributed by atoms with E-state index in [1.165, 1.54) is 0 Å². The topological polar surface area (TPSA) is 63.6 Å². The van der Waals surface area contributed by atoms with Crippen LogP contribution in [-0.2, 0) is 9.84 Å². The molecule has 0 aromatic carbocycles. The molecule has 0 amide bonds. The van der Waals surface area contributed by atoms with Gasteiger partial charge < -0.3 is 9.84 Å². The highest BCUT2D eigenvalue weighted by molar-refractivity contribution is 7.92. The molecule has 11 heteroatoms. The van der Waals surface area contributed by atoms with Crippen molar-refractivity contribution in [3.63, 3.8) is 0 Å². The van der Waals surface area contributed by atoms with Gasteiger partial charge in [-0.15, -0.1) is 0 Å². The highest BCUT2D eigenvalue weighted by Gasteiger charge is 2.48. The van der Waals surface area contributed by atoms with Gasteiger partial charge in [0.1, 0.15) is 10.3 Å². The molecule has 0 unspecified atom stereocenters. The predicted octanol–water partition coefficient (Wildman–Crippen LogP) is 2.49. The number of halogens is 5. The second kappa shape index (κ2) is 5.06. The summed E-state index contributed by atoms with van der Waals surface area (Å²) in [7, 11) is -3.98. The van der Waals surface area contributed by atoms with Gasteiger partial charge in [0.15, 0.2) is 33.9 Å². The molecule has 2 rings (SSSR count). The number of thiophene rings is 1. The van der Waals surface area contributed by atoms with Gasteiger partial charge in [-0.1, -0.05) is 11.3 Å². The van der Waals surface area contributed by atoms with Crippen LogP contribution in [0.4, 0.5) is 22.0 Å². The van der Waals surface area contributed by atoms with Crippen molar-refractivity contribution in [2.45, 2.75) is 28.8 Å². The third-order valence-electron chi connectivity index (χ3n) is 2.77. The maximum atomic E-state index is 13.8. The third kappa shape index (κ3) is 2.99. The second-order valence-electron chi connectivity index (χ2n) is 4.47. The number of alkyl halides is 5. The van der Waals surface area contributed by atoms with Crippen molar-refractivity contribution in [1.82, 2.24) is 0 Å². The van der Waals surface area contributed by atoms with Crippen LogP contribution in [0.2, 0.25) is 0 Å². The Morgan fingerprint density at radius 2 is 1.86 bits per heavy atom. The smallest absolute Gasteiger partial charge is 0.422 e. The van der Waals surface area contributed by atoms with Gasteiger partial charge in [0.25, 0.3) is 0 Å². The predicted molar refractivity (Wildman–Crippen MR) is 62.7 cm³/mol. The first-order valence-electron chi connectivity index (χ1n) is 5.46. The van der Waals surface area contributed by atoms with Crippen LogP contribution in [0.15, 0.2) is 4.21 Å². The molecule has 0 fully saturated rings. The van der Waals surface area contributed by atoms with Crippen molar-refractivity contribution in [1.29, 1.82) is 0 Å². The standard InChI is InChI=1S/C10H9F5O4S2/c1-21(17,18)9-4-3(5(11)6(12)7(4)16)8(20-9)19-2-10(13,14)15/h5-7,16H,2H2,1H3/t5-,6-,7+/m1/s1. The van der Waals surface area contributed by atoms with E-state index >= 15 is 0 Å². The molecule has 0 radical (unpaired) electrons. The number of aliphatic hydroxyl groups excluding tert-OH is 1. The summed E-state index contributed by atoms with van der Waals surface area (Å²) in [6.45, 7) is -1.77. The van der Waals surface area contributed by atoms with E-state index in [0.717, 1.165) is 6.26 Å². The molecule has 0 saturated heterocycles. The first-order chi connectivity index (χ1) is 9.43. The van der Waals surface area contributed by atoms with Gasteiger partial charge in [-0.3, -0.25) is 0 Å². The van der Waals surface area contributed by atoms with Gasteiger partial charge in [0.05, 0.1) is 5.56 Å². The van der Waals surface area contributed by atoms with Crippen LogP contribution in [0.25, 0.3) is 0 Å². The van der Waals surface area contributed by atoms with Gasteiger partial charge >= 0.3 is 6.18 Å². The lowest BCUT2D eigenvalue weighted by Crippen LogP contribution is -2.19. The Morgan fingerprint density at radius 3 is 2.33 bits per heavy atom. The highest BCUT2D eigenvalue weighted by atomic mass is 32.2. The molecule has 0 aliphatic heterocycles. The van der Waals surface area contributed by atoms with Gasteiger partial charge in [-0.2, -0.15) is 13.2 Å². The molecular weight excluding hydrogens is 343 g/mol. The maximum Gasteiger partial charge on any atom is 0.422 e. The molecule has 0 saturated carbocycles. The number of aliphatic hydroxyl groups is 1. The van der Waals surface area contributed by atoms with Crippen LogP contribution in [0.3, 0.4) is 0 Å². The average Bonchev–Trinajstić information content (AvgIpc) is 2.80. The summed E-state index contributed by atoms with van der Waals surface area (Å²) in [5, 5.41) is 8.87. The molecule has 0 spiro atoms. The molecule has 120 valence electrons. The molecule has 21 heavy (non-hydrogen) atoms. The lowest BCUT2D eigenvalue weighted by molar-refractivity contribution is -0.153. The molecule has 0 bridgehead atoms. The third-order valence-corrected chi connectivity index (χ3v) is 5.75. The highest BCUT2D eigenvalue weighted by Crippen LogP contribution is 2.54. The monoisotopic (exact) mass is 352 g/mol. The molecule has 1 N–H and O–H groups in total. The van der Waals surface area contributed by atoms with E-state index in [1.807, 2.05) is 0 Å². The minimum Gasteiger partial charge on any atom is -0.474 e. The van der Waals surface area contributed by atoms with Crippen LogP contribution >= 0.6 is 11.3 Å². The van der Waals surface area contributed by atoms with Crippen molar-refractivity contribution in [3.8, 4) is 5.06 Å². The van der Waals surface area contributed by atoms with Crippen LogP contribution in [0, 0.1) is 0 Å². The van der Waals surface area contributed by atoms with E-state index in [9.17, 15) is 35.5 Å². The molecule has 1 aliphatic carbocycles. The summed E-state index contributed by atoms with van der Waals surface area (Å²) in [6, 6.07) is 0. The number of sulfone groups is 1. The Balaban J connectivity index is 2.52. The lowest BCUT2D eigenvalue weighted by Gasteiger charge is -2.11. The van der Waals surface area contributed by atoms with Crippen LogP contribution in [0.1, 0.15) is 23.4 Å². The zero-order chi connectivity index (χ0) is 16.2. The maximum absolute atomic E-state index is 13.8. The van der Waals surface area contributed by atoms with Crippen molar-refractivity contribution >= 4 is 21.2 Å². The normalized spacial score (nSPS) is 26.0. The molecule has 1 heterocycles. The molecule has 1 aliphatic rings. The van der Waals surface area contributed by atoms with Gasteiger partial charge in [0.2, 0.25) is 0 Å². The molecule has 3 atom stereocenters. The fourth-order valence-corrected chi connectivity index (χ4v) is 4.39. The Kier molecular flexibility index (Phi) is 3.96. The van der Waals surface area contributed by atoms with Crippen molar-refractivity contribution in [2.24, 2.45) is 0 Å². The zero-order valence-electron chi connectivity index (χ0n) is 10.3. The fourth-order valence-electron chi connectivity index (χ4n) is 1.96. The largest absolute Gasteiger partial charge is 0.474 e. The average molecular weight is 352 g/mol. The fraction of sp³-hybridized carbons (Fsp3) is 0.600. The second-order valence-corrected chi connectivity index (χ2v) is 7.67. The summed E-state index contributed by atoms with van der Waals surface area (Å²) in [5.74, 6) is 0. The Labute approximate surface area is 120 Å². The SMILES string of the molecule is CS(=O)(=O)c1sc(OCC(F)(F)F)c2c1[C@H](O)[C@H](F)[C@@H]2F. The molecule has 1 aromatic heterocycles. The first-order valence-corrected chi connectivity index (χ1v) is 8.16. The minimum absolute atomic E-state index is 0.242. The van der Waals surface area contributed by atoms with Crippen LogP contribution in [-0.4, -0.2) is 38.7 Å². The minimum atomic E-state index is -4.72. The van der Waals surface area contributed by atoms with E-state index in [2.05, 4.69) is 4.74 Å². The van der Waals surface area contributed by atoms with E-state index in [-0.39, 0.29) is 11.3 Å². The van der Waals surface area contributed by atoms with Crippen LogP contribution in [0.5, 0.6) is 5.06 Å². The number of hydrogen-bond acceptors (Lipinski definition) is 5. The van der Waals surface area contributed by atoms with Gasteiger partial charge in [0, 0.05) is 11.8 Å². The summed E-state index contributed by atoms with van der Waals surface area (Å²) in [6.07, 6.45) is -10.9. The Hall–Kier alpha value is -0.940. The van der Waals surface area contributed by atoms with E-state index < -0.39 is 61.5 Å². The zero-order valence-corrected chi connectivity index (χ0v) is 12.0. The van der Waals surface area contributed by atoms with E-state index in [0.29, 0.717) is 0 Å². The van der Waals surface area contributed by atoms with Crippen molar-refractivity contribution < 1.29 is 40.2 Å². The van der Waals surface area contributed by atoms with Crippen molar-refractivity contribution in [3.05, 3.63) is 11.1 Å². The summed E-state index contributed by atoms with van der Waals surface area (Å²) < 4.78 is 90.5. The summed E-state index contributed by atoms with van der Waals surface area (Å²) >= 11 is 0.242. The number of fused-ring (bicyclic) bond motifs is 1. The Bertz CT molecular complexity index is 651. The molecule has 4 nitrogen and oxygen atoms in total. The van der Waals surface area contributed by atoms with Gasteiger partial charge in [-0.25, -0.2) is 17.2 Å². The number of ether oxygens (including phenoxy) is 1.